The highest BCUT2D eigenvalue weighted by Gasteiger charge is 2.13. The van der Waals surface area contributed by atoms with Crippen molar-refractivity contribution >= 4 is 5.57 Å². The second-order valence-electron chi connectivity index (χ2n) is 13.5. The van der Waals surface area contributed by atoms with Gasteiger partial charge in [0.05, 0.1) is 0 Å². The molecular formula is C51H60. The highest BCUT2D eigenvalue weighted by Crippen LogP contribution is 2.36. The first kappa shape index (κ1) is 42.0. The Morgan fingerprint density at radius 1 is 0.471 bits per heavy atom. The van der Waals surface area contributed by atoms with Crippen molar-refractivity contribution in [1.82, 2.24) is 0 Å². The molecule has 0 spiro atoms. The van der Waals surface area contributed by atoms with Gasteiger partial charge in [0, 0.05) is 0 Å². The SMILES string of the molecule is C=C(C)C.C=C(C)C1=CCCC=C1.C=C(C)c1ccccc1.Cc1ccccc1.Cc1ccccc1-c1ccc(C)c(-c2ccccc2C)c1C. The lowest BCUT2D eigenvalue weighted by molar-refractivity contribution is 1.02. The summed E-state index contributed by atoms with van der Waals surface area (Å²) in [7, 11) is 0. The van der Waals surface area contributed by atoms with Crippen LogP contribution in [0.5, 0.6) is 0 Å². The maximum absolute atomic E-state index is 3.86. The molecule has 0 N–H and O–H groups in total. The smallest absolute Gasteiger partial charge is 0.0117 e. The van der Waals surface area contributed by atoms with Gasteiger partial charge < -0.3 is 0 Å². The minimum absolute atomic E-state index is 1.12. The molecule has 0 aromatic heterocycles. The quantitative estimate of drug-likeness (QED) is 0.167. The predicted octanol–water partition coefficient (Wildman–Crippen LogP) is 15.4. The van der Waals surface area contributed by atoms with E-state index in [-0.39, 0.29) is 0 Å². The Kier molecular flexibility index (Phi) is 18.5. The zero-order chi connectivity index (χ0) is 37.8. The van der Waals surface area contributed by atoms with E-state index in [4.69, 9.17) is 0 Å². The van der Waals surface area contributed by atoms with Crippen LogP contribution in [-0.2, 0) is 0 Å². The minimum Gasteiger partial charge on any atom is -0.100 e. The van der Waals surface area contributed by atoms with E-state index in [9.17, 15) is 0 Å². The van der Waals surface area contributed by atoms with Crippen molar-refractivity contribution < 1.29 is 0 Å². The molecular weight excluding hydrogens is 613 g/mol. The van der Waals surface area contributed by atoms with E-state index in [0.717, 1.165) is 5.57 Å². The van der Waals surface area contributed by atoms with E-state index >= 15 is 0 Å². The Hall–Kier alpha value is -5.20. The molecule has 0 saturated heterocycles. The molecule has 1 aliphatic rings. The Balaban J connectivity index is 0.000000256. The molecule has 1 aliphatic carbocycles. The van der Waals surface area contributed by atoms with Crippen LogP contribution in [0.3, 0.4) is 0 Å². The number of rotatable bonds is 4. The fraction of sp³-hybridized carbons (Fsp3) is 0.216. The molecule has 5 aromatic rings. The van der Waals surface area contributed by atoms with Gasteiger partial charge in [0.1, 0.15) is 0 Å². The van der Waals surface area contributed by atoms with E-state index in [1.54, 1.807) is 0 Å². The van der Waals surface area contributed by atoms with E-state index < -0.39 is 0 Å². The molecule has 0 atom stereocenters. The molecule has 0 amide bonds. The fourth-order valence-electron chi connectivity index (χ4n) is 5.47. The standard InChI is InChI=1S/C22H22.C9H12.C9H10.C7H8.C4H8/c1-15-9-5-7-11-19(15)21-14-13-17(3)22(18(21)4)20-12-8-6-10-16(20)2;2*1-8(2)9-6-4-3-5-7-9;1-7-5-3-2-4-6-7;1-4(2)3/h5-14H,1-4H3;4,6-7H,1,3,5H2,2H3;3-7H,1H2,2H3;2-6H,1H3;1H2,2-3H3. The molecule has 0 saturated carbocycles. The first-order chi connectivity index (χ1) is 24.3. The monoisotopic (exact) mass is 672 g/mol. The molecule has 51 heavy (non-hydrogen) atoms. The lowest BCUT2D eigenvalue weighted by Crippen LogP contribution is -1.95. The summed E-state index contributed by atoms with van der Waals surface area (Å²) < 4.78 is 0. The third kappa shape index (κ3) is 15.1. The zero-order valence-corrected chi connectivity index (χ0v) is 32.8. The van der Waals surface area contributed by atoms with Gasteiger partial charge in [-0.2, -0.15) is 0 Å². The van der Waals surface area contributed by atoms with Crippen LogP contribution in [0.2, 0.25) is 0 Å². The molecule has 0 heteroatoms. The maximum atomic E-state index is 3.86. The summed E-state index contributed by atoms with van der Waals surface area (Å²) in [5.74, 6) is 0. The van der Waals surface area contributed by atoms with Crippen LogP contribution in [0.4, 0.5) is 0 Å². The van der Waals surface area contributed by atoms with Crippen molar-refractivity contribution in [3.8, 4) is 22.3 Å². The highest BCUT2D eigenvalue weighted by molar-refractivity contribution is 5.82. The van der Waals surface area contributed by atoms with Gasteiger partial charge >= 0.3 is 0 Å². The van der Waals surface area contributed by atoms with E-state index in [1.165, 1.54) is 85.2 Å². The molecule has 0 unspecified atom stereocenters. The van der Waals surface area contributed by atoms with Gasteiger partial charge in [-0.1, -0.05) is 175 Å². The maximum Gasteiger partial charge on any atom is -0.0117 e. The van der Waals surface area contributed by atoms with Gasteiger partial charge in [0.2, 0.25) is 0 Å². The number of aryl methyl sites for hydroxylation is 4. The lowest BCUT2D eigenvalue weighted by Gasteiger charge is -2.17. The van der Waals surface area contributed by atoms with Gasteiger partial charge in [-0.25, -0.2) is 0 Å². The fourth-order valence-corrected chi connectivity index (χ4v) is 5.47. The summed E-state index contributed by atoms with van der Waals surface area (Å²) in [6.07, 6.45) is 8.95. The average Bonchev–Trinajstić information content (AvgIpc) is 3.11. The normalized spacial score (nSPS) is 11.0. The van der Waals surface area contributed by atoms with Crippen molar-refractivity contribution in [1.29, 1.82) is 0 Å². The lowest BCUT2D eigenvalue weighted by atomic mass is 9.87. The van der Waals surface area contributed by atoms with Crippen LogP contribution in [0.25, 0.3) is 27.8 Å². The van der Waals surface area contributed by atoms with Gasteiger partial charge in [-0.05, 0) is 131 Å². The second-order valence-corrected chi connectivity index (χ2v) is 13.5. The van der Waals surface area contributed by atoms with E-state index in [0.29, 0.717) is 0 Å². The van der Waals surface area contributed by atoms with Crippen LogP contribution >= 0.6 is 0 Å². The molecule has 0 aliphatic heterocycles. The first-order valence-corrected chi connectivity index (χ1v) is 17.9. The van der Waals surface area contributed by atoms with Gasteiger partial charge in [0.25, 0.3) is 0 Å². The van der Waals surface area contributed by atoms with Crippen LogP contribution in [0.1, 0.15) is 73.9 Å². The van der Waals surface area contributed by atoms with Crippen LogP contribution in [0, 0.1) is 34.6 Å². The van der Waals surface area contributed by atoms with Gasteiger partial charge in [-0.15, -0.1) is 6.58 Å². The van der Waals surface area contributed by atoms with Gasteiger partial charge in [-0.3, -0.25) is 0 Å². The Labute approximate surface area is 311 Å². The van der Waals surface area contributed by atoms with Gasteiger partial charge in [0.15, 0.2) is 0 Å². The number of hydrogen-bond donors (Lipinski definition) is 0. The third-order valence-electron chi connectivity index (χ3n) is 8.22. The summed E-state index contributed by atoms with van der Waals surface area (Å²) in [6, 6.07) is 42.2. The second kappa shape index (κ2) is 22.5. The molecule has 264 valence electrons. The Bertz CT molecular complexity index is 1890. The highest BCUT2D eigenvalue weighted by atomic mass is 14.2. The van der Waals surface area contributed by atoms with E-state index in [1.807, 2.05) is 64.1 Å². The average molecular weight is 673 g/mol. The predicted molar refractivity (Wildman–Crippen MR) is 230 cm³/mol. The molecule has 0 bridgehead atoms. The molecule has 0 heterocycles. The third-order valence-corrected chi connectivity index (χ3v) is 8.22. The molecule has 0 nitrogen and oxygen atoms in total. The zero-order valence-electron chi connectivity index (χ0n) is 32.8. The van der Waals surface area contributed by atoms with Crippen molar-refractivity contribution in [2.75, 3.05) is 0 Å². The van der Waals surface area contributed by atoms with E-state index in [2.05, 4.69) is 158 Å². The Morgan fingerprint density at radius 3 is 1.35 bits per heavy atom. The number of hydrogen-bond acceptors (Lipinski definition) is 0. The molecule has 0 fully saturated rings. The summed E-state index contributed by atoms with van der Waals surface area (Å²) >= 11 is 0. The minimum atomic E-state index is 1.12. The summed E-state index contributed by atoms with van der Waals surface area (Å²) in [6.45, 7) is 30.1. The summed E-state index contributed by atoms with van der Waals surface area (Å²) in [4.78, 5) is 0. The van der Waals surface area contributed by atoms with Crippen molar-refractivity contribution in [2.45, 2.75) is 75.2 Å². The van der Waals surface area contributed by atoms with Crippen molar-refractivity contribution in [3.05, 3.63) is 209 Å². The molecule has 6 rings (SSSR count). The van der Waals surface area contributed by atoms with Crippen LogP contribution in [0.15, 0.2) is 176 Å². The molecule has 0 radical (unpaired) electrons. The number of benzene rings is 5. The van der Waals surface area contributed by atoms with Crippen molar-refractivity contribution in [2.24, 2.45) is 0 Å². The first-order valence-electron chi connectivity index (χ1n) is 17.9. The summed E-state index contributed by atoms with van der Waals surface area (Å²) in [5.41, 5.74) is 18.0. The number of allylic oxidation sites excluding steroid dienone is 7. The molecule has 5 aromatic carbocycles. The van der Waals surface area contributed by atoms with Crippen molar-refractivity contribution in [3.63, 3.8) is 0 Å². The topological polar surface area (TPSA) is 0 Å². The van der Waals surface area contributed by atoms with Crippen LogP contribution in [-0.4, -0.2) is 0 Å². The summed E-state index contributed by atoms with van der Waals surface area (Å²) in [5, 5.41) is 0. The van der Waals surface area contributed by atoms with Crippen LogP contribution < -0.4 is 0 Å². The largest absolute Gasteiger partial charge is 0.100 e. The Morgan fingerprint density at radius 2 is 0.961 bits per heavy atom.